The number of hydrogen-bond acceptors (Lipinski definition) is 4. The minimum Gasteiger partial charge on any atom is -0.506 e. The van der Waals surface area contributed by atoms with Crippen LogP contribution in [0.15, 0.2) is 18.5 Å². The Balaban J connectivity index is 1.98. The van der Waals surface area contributed by atoms with Crippen LogP contribution in [-0.4, -0.2) is 30.5 Å². The Bertz CT molecular complexity index is 1090. The Labute approximate surface area is 137 Å². The second kappa shape index (κ2) is 4.80. The van der Waals surface area contributed by atoms with Crippen molar-refractivity contribution in [1.29, 1.82) is 0 Å². The second-order valence-electron chi connectivity index (χ2n) is 6.48. The first kappa shape index (κ1) is 13.5. The van der Waals surface area contributed by atoms with Crippen molar-refractivity contribution in [3.8, 4) is 17.0 Å². The quantitative estimate of drug-likeness (QED) is 0.501. The molecule has 1 aromatic carbocycles. The molecule has 0 saturated carbocycles. The summed E-state index contributed by atoms with van der Waals surface area (Å²) in [5.74, 6) is 0.192. The molecule has 3 aromatic heterocycles. The second-order valence-corrected chi connectivity index (χ2v) is 6.48. The Morgan fingerprint density at radius 3 is 2.62 bits per heavy atom. The van der Waals surface area contributed by atoms with Gasteiger partial charge < -0.3 is 5.11 Å². The number of pyridine rings is 1. The van der Waals surface area contributed by atoms with Crippen LogP contribution < -0.4 is 0 Å². The molecule has 0 aliphatic heterocycles. The summed E-state index contributed by atoms with van der Waals surface area (Å²) in [7, 11) is 0. The largest absolute Gasteiger partial charge is 0.506 e. The van der Waals surface area contributed by atoms with Crippen molar-refractivity contribution in [2.24, 2.45) is 0 Å². The normalized spacial score (nSPS) is 14.4. The van der Waals surface area contributed by atoms with E-state index in [1.165, 1.54) is 11.1 Å². The van der Waals surface area contributed by atoms with Gasteiger partial charge in [-0.3, -0.25) is 10.2 Å². The van der Waals surface area contributed by atoms with E-state index in [9.17, 15) is 5.11 Å². The third-order valence-corrected chi connectivity index (χ3v) is 5.06. The lowest BCUT2D eigenvalue weighted by atomic mass is 9.85. The van der Waals surface area contributed by atoms with E-state index in [0.717, 1.165) is 58.9 Å². The van der Waals surface area contributed by atoms with Gasteiger partial charge in [-0.2, -0.15) is 10.2 Å². The zero-order valence-electron chi connectivity index (χ0n) is 13.3. The first-order valence-electron chi connectivity index (χ1n) is 8.25. The SMILES string of the molecule is Cc1[nH]ncc1-c1nc2c(O)cc3[nH]ncc3c2c2c1CCCC2. The minimum atomic E-state index is 0.192. The summed E-state index contributed by atoms with van der Waals surface area (Å²) in [6.07, 6.45) is 7.99. The predicted molar refractivity (Wildman–Crippen MR) is 92.0 cm³/mol. The fourth-order valence-corrected chi connectivity index (χ4v) is 3.92. The molecule has 0 amide bonds. The van der Waals surface area contributed by atoms with Gasteiger partial charge in [-0.1, -0.05) is 0 Å². The summed E-state index contributed by atoms with van der Waals surface area (Å²) in [5, 5.41) is 26.9. The summed E-state index contributed by atoms with van der Waals surface area (Å²) in [6, 6.07) is 1.71. The average Bonchev–Trinajstić information content (AvgIpc) is 3.22. The lowest BCUT2D eigenvalue weighted by Crippen LogP contribution is -2.08. The van der Waals surface area contributed by atoms with Crippen molar-refractivity contribution >= 4 is 21.8 Å². The van der Waals surface area contributed by atoms with Gasteiger partial charge in [0.15, 0.2) is 0 Å². The van der Waals surface area contributed by atoms with E-state index in [1.807, 2.05) is 19.3 Å². The molecule has 6 heteroatoms. The van der Waals surface area contributed by atoms with Crippen molar-refractivity contribution in [1.82, 2.24) is 25.4 Å². The molecule has 0 spiro atoms. The molecule has 6 nitrogen and oxygen atoms in total. The Morgan fingerprint density at radius 1 is 1.04 bits per heavy atom. The first-order valence-corrected chi connectivity index (χ1v) is 8.25. The number of nitrogens with one attached hydrogen (secondary N) is 2. The highest BCUT2D eigenvalue weighted by molar-refractivity contribution is 6.10. The van der Waals surface area contributed by atoms with Crippen molar-refractivity contribution < 1.29 is 5.11 Å². The van der Waals surface area contributed by atoms with Gasteiger partial charge in [-0.15, -0.1) is 0 Å². The molecule has 1 aliphatic carbocycles. The zero-order valence-corrected chi connectivity index (χ0v) is 13.3. The van der Waals surface area contributed by atoms with Crippen molar-refractivity contribution in [3.63, 3.8) is 0 Å². The van der Waals surface area contributed by atoms with Gasteiger partial charge in [0.25, 0.3) is 0 Å². The molecular formula is C18H17N5O. The van der Waals surface area contributed by atoms with Crippen LogP contribution in [0.4, 0.5) is 0 Å². The molecule has 1 aliphatic rings. The van der Waals surface area contributed by atoms with E-state index in [-0.39, 0.29) is 5.75 Å². The number of H-pyrrole nitrogens is 2. The Kier molecular flexibility index (Phi) is 2.71. The molecule has 0 bridgehead atoms. The third kappa shape index (κ3) is 1.73. The van der Waals surface area contributed by atoms with Gasteiger partial charge >= 0.3 is 0 Å². The molecule has 120 valence electrons. The van der Waals surface area contributed by atoms with Crippen molar-refractivity contribution in [2.75, 3.05) is 0 Å². The highest BCUT2D eigenvalue weighted by atomic mass is 16.3. The number of phenols is 1. The molecule has 0 unspecified atom stereocenters. The smallest absolute Gasteiger partial charge is 0.144 e. The average molecular weight is 319 g/mol. The fraction of sp³-hybridized carbons (Fsp3) is 0.278. The number of fused-ring (bicyclic) bond motifs is 5. The molecule has 0 atom stereocenters. The number of aromatic hydroxyl groups is 1. The molecule has 3 heterocycles. The zero-order chi connectivity index (χ0) is 16.3. The Morgan fingerprint density at radius 2 is 1.83 bits per heavy atom. The van der Waals surface area contributed by atoms with Crippen molar-refractivity contribution in [3.05, 3.63) is 35.3 Å². The van der Waals surface area contributed by atoms with Gasteiger partial charge in [-0.05, 0) is 43.7 Å². The first-order chi connectivity index (χ1) is 11.7. The molecule has 4 aromatic rings. The van der Waals surface area contributed by atoms with E-state index in [2.05, 4.69) is 20.4 Å². The summed E-state index contributed by atoms with van der Waals surface area (Å²) in [4.78, 5) is 4.87. The van der Waals surface area contributed by atoms with E-state index in [4.69, 9.17) is 4.98 Å². The van der Waals surface area contributed by atoms with Gasteiger partial charge in [0.2, 0.25) is 0 Å². The maximum absolute atomic E-state index is 10.5. The number of hydrogen-bond donors (Lipinski definition) is 3. The third-order valence-electron chi connectivity index (χ3n) is 5.06. The van der Waals surface area contributed by atoms with Gasteiger partial charge in [0, 0.05) is 28.1 Å². The number of aryl methyl sites for hydroxylation is 2. The van der Waals surface area contributed by atoms with E-state index in [0.29, 0.717) is 5.52 Å². The number of aromatic amines is 2. The van der Waals surface area contributed by atoms with Gasteiger partial charge in [0.1, 0.15) is 11.3 Å². The molecule has 0 saturated heterocycles. The molecule has 0 fully saturated rings. The highest BCUT2D eigenvalue weighted by Gasteiger charge is 2.23. The maximum atomic E-state index is 10.5. The highest BCUT2D eigenvalue weighted by Crippen LogP contribution is 2.41. The van der Waals surface area contributed by atoms with Crippen LogP contribution in [0, 0.1) is 6.92 Å². The monoisotopic (exact) mass is 319 g/mol. The lowest BCUT2D eigenvalue weighted by molar-refractivity contribution is 0.481. The molecule has 5 rings (SSSR count). The number of rotatable bonds is 1. The van der Waals surface area contributed by atoms with E-state index >= 15 is 0 Å². The van der Waals surface area contributed by atoms with Gasteiger partial charge in [-0.25, -0.2) is 4.98 Å². The topological polar surface area (TPSA) is 90.5 Å². The predicted octanol–water partition coefficient (Wildman–Crippen LogP) is 3.39. The van der Waals surface area contributed by atoms with E-state index < -0.39 is 0 Å². The summed E-state index contributed by atoms with van der Waals surface area (Å²) < 4.78 is 0. The number of benzene rings is 1. The number of nitrogens with zero attached hydrogens (tertiary/aromatic N) is 3. The van der Waals surface area contributed by atoms with Gasteiger partial charge in [0.05, 0.1) is 23.6 Å². The fourth-order valence-electron chi connectivity index (χ4n) is 3.92. The summed E-state index contributed by atoms with van der Waals surface area (Å²) >= 11 is 0. The summed E-state index contributed by atoms with van der Waals surface area (Å²) in [6.45, 7) is 2.00. The molecule has 3 N–H and O–H groups in total. The van der Waals surface area contributed by atoms with E-state index in [1.54, 1.807) is 6.07 Å². The van der Waals surface area contributed by atoms with Crippen LogP contribution in [0.1, 0.15) is 29.7 Å². The minimum absolute atomic E-state index is 0.192. The maximum Gasteiger partial charge on any atom is 0.144 e. The van der Waals surface area contributed by atoms with Crippen molar-refractivity contribution in [2.45, 2.75) is 32.6 Å². The van der Waals surface area contributed by atoms with Crippen LogP contribution >= 0.6 is 0 Å². The van der Waals surface area contributed by atoms with Crippen LogP contribution in [0.5, 0.6) is 5.75 Å². The Hall–Kier alpha value is -2.89. The lowest BCUT2D eigenvalue weighted by Gasteiger charge is -2.21. The number of phenolic OH excluding ortho intramolecular Hbond substituents is 1. The molecule has 24 heavy (non-hydrogen) atoms. The number of aromatic nitrogens is 5. The van der Waals surface area contributed by atoms with Crippen LogP contribution in [0.25, 0.3) is 33.1 Å². The van der Waals surface area contributed by atoms with Crippen LogP contribution in [0.3, 0.4) is 0 Å². The molecular weight excluding hydrogens is 302 g/mol. The summed E-state index contributed by atoms with van der Waals surface area (Å²) in [5.41, 5.74) is 7.04. The molecule has 0 radical (unpaired) electrons. The standard InChI is InChI=1S/C18H17N5O/c1-9-12(7-19-22-9)17-11-5-3-2-4-10(11)16-13-8-20-23-14(13)6-15(24)18(16)21-17/h6-8,24H,2-5H2,1H3,(H,19,22)(H,20,23). The van der Waals surface area contributed by atoms with Crippen LogP contribution in [-0.2, 0) is 12.8 Å². The van der Waals surface area contributed by atoms with Crippen LogP contribution in [0.2, 0.25) is 0 Å².